The Labute approximate surface area is 86.0 Å². The molecule has 0 bridgehead atoms. The number of carbonyl (C=O) groups excluding carboxylic acids is 1. The zero-order valence-electron chi connectivity index (χ0n) is 8.48. The zero-order valence-corrected chi connectivity index (χ0v) is 8.48. The molecular formula is C10H12F3NO. The minimum absolute atomic E-state index is 0.00113. The van der Waals surface area contributed by atoms with Gasteiger partial charge in [0.1, 0.15) is 0 Å². The minimum atomic E-state index is -4.36. The highest BCUT2D eigenvalue weighted by molar-refractivity contribution is 5.95. The molecule has 0 spiro atoms. The minimum Gasteiger partial charge on any atom is -0.366 e. The van der Waals surface area contributed by atoms with E-state index < -0.39 is 17.7 Å². The topological polar surface area (TPSA) is 43.1 Å². The number of carbonyl (C=O) groups is 1. The lowest BCUT2D eigenvalue weighted by Crippen LogP contribution is -2.13. The number of alkyl halides is 3. The third-order valence-electron chi connectivity index (χ3n) is 1.80. The molecular weight excluding hydrogens is 207 g/mol. The molecule has 0 aromatic carbocycles. The van der Waals surface area contributed by atoms with Gasteiger partial charge in [-0.05, 0) is 19.4 Å². The molecule has 2 N–H and O–H groups in total. The van der Waals surface area contributed by atoms with Gasteiger partial charge in [-0.25, -0.2) is 0 Å². The van der Waals surface area contributed by atoms with E-state index in [0.29, 0.717) is 5.57 Å². The molecule has 1 amide bonds. The number of amides is 1. The molecule has 0 unspecified atom stereocenters. The van der Waals surface area contributed by atoms with Crippen LogP contribution in [0.1, 0.15) is 13.8 Å². The van der Waals surface area contributed by atoms with Crippen LogP contribution in [0, 0.1) is 0 Å². The normalized spacial score (nSPS) is 13.9. The Kier molecular flexibility index (Phi) is 4.33. The van der Waals surface area contributed by atoms with Gasteiger partial charge < -0.3 is 5.73 Å². The molecule has 2 nitrogen and oxygen atoms in total. The summed E-state index contributed by atoms with van der Waals surface area (Å²) in [6, 6.07) is 0. The van der Waals surface area contributed by atoms with Crippen LogP contribution >= 0.6 is 0 Å². The molecule has 0 saturated heterocycles. The molecule has 0 aliphatic carbocycles. The molecule has 0 heterocycles. The molecule has 5 heteroatoms. The Morgan fingerprint density at radius 1 is 1.27 bits per heavy atom. The van der Waals surface area contributed by atoms with E-state index >= 15 is 0 Å². The highest BCUT2D eigenvalue weighted by atomic mass is 19.4. The van der Waals surface area contributed by atoms with Crippen molar-refractivity contribution in [3.63, 3.8) is 0 Å². The fourth-order valence-electron chi connectivity index (χ4n) is 0.639. The van der Waals surface area contributed by atoms with Crippen LogP contribution in [0.2, 0.25) is 0 Å². The molecule has 0 aliphatic heterocycles. The number of nitrogens with two attached hydrogens (primary N) is 1. The molecule has 84 valence electrons. The van der Waals surface area contributed by atoms with E-state index in [1.165, 1.54) is 6.92 Å². The summed E-state index contributed by atoms with van der Waals surface area (Å²) in [5.41, 5.74) is 4.47. The van der Waals surface area contributed by atoms with Crippen molar-refractivity contribution in [1.29, 1.82) is 0 Å². The Morgan fingerprint density at radius 3 is 2.07 bits per heavy atom. The van der Waals surface area contributed by atoms with Gasteiger partial charge in [0.15, 0.2) is 0 Å². The summed E-state index contributed by atoms with van der Waals surface area (Å²) < 4.78 is 36.1. The van der Waals surface area contributed by atoms with Crippen molar-refractivity contribution in [2.24, 2.45) is 5.73 Å². The molecule has 0 aromatic heterocycles. The number of allylic oxidation sites excluding steroid dienone is 3. The zero-order chi connectivity index (χ0) is 12.2. The van der Waals surface area contributed by atoms with Crippen LogP contribution in [-0.4, -0.2) is 12.1 Å². The summed E-state index contributed by atoms with van der Waals surface area (Å²) >= 11 is 0. The van der Waals surface area contributed by atoms with E-state index in [1.54, 1.807) is 0 Å². The molecule has 0 rings (SSSR count). The van der Waals surface area contributed by atoms with E-state index in [-0.39, 0.29) is 5.57 Å². The van der Waals surface area contributed by atoms with E-state index in [1.807, 2.05) is 0 Å². The number of primary amides is 1. The van der Waals surface area contributed by atoms with Crippen LogP contribution in [0.15, 0.2) is 35.5 Å². The van der Waals surface area contributed by atoms with Gasteiger partial charge in [0.05, 0.1) is 0 Å². The Hall–Kier alpha value is -1.52. The summed E-state index contributed by atoms with van der Waals surface area (Å²) in [5, 5.41) is 0. The summed E-state index contributed by atoms with van der Waals surface area (Å²) in [5.74, 6) is -0.748. The quantitative estimate of drug-likeness (QED) is 0.575. The van der Waals surface area contributed by atoms with Crippen molar-refractivity contribution in [2.75, 3.05) is 0 Å². The molecule has 15 heavy (non-hydrogen) atoms. The smallest absolute Gasteiger partial charge is 0.366 e. The van der Waals surface area contributed by atoms with Crippen molar-refractivity contribution in [1.82, 2.24) is 0 Å². The fraction of sp³-hybridized carbons (Fsp3) is 0.300. The van der Waals surface area contributed by atoms with Crippen LogP contribution in [-0.2, 0) is 4.79 Å². The number of halogens is 3. The number of hydrogen-bond acceptors (Lipinski definition) is 1. The van der Waals surface area contributed by atoms with Crippen molar-refractivity contribution in [3.05, 3.63) is 35.5 Å². The summed E-state index contributed by atoms with van der Waals surface area (Å²) in [6.45, 7) is 5.75. The lowest BCUT2D eigenvalue weighted by Gasteiger charge is -2.05. The maximum absolute atomic E-state index is 12.0. The standard InChI is InChI=1S/C10H12F3NO/c1-6(8(3)9(14)15)4-5-7(2)10(11,12)13/h4-5H,3H2,1-2H3,(H2,14,15). The predicted molar refractivity (Wildman–Crippen MR) is 51.9 cm³/mol. The van der Waals surface area contributed by atoms with Gasteiger partial charge >= 0.3 is 6.18 Å². The SMILES string of the molecule is C=C(C(N)=O)C(C)=CC=C(C)C(F)(F)F. The average molecular weight is 219 g/mol. The second kappa shape index (κ2) is 4.82. The predicted octanol–water partition coefficient (Wildman–Crippen LogP) is 2.48. The van der Waals surface area contributed by atoms with Gasteiger partial charge in [0, 0.05) is 11.1 Å². The fourth-order valence-corrected chi connectivity index (χ4v) is 0.639. The second-order valence-corrected chi connectivity index (χ2v) is 3.04. The molecule has 0 radical (unpaired) electrons. The Morgan fingerprint density at radius 2 is 1.73 bits per heavy atom. The molecule has 0 fully saturated rings. The van der Waals surface area contributed by atoms with Gasteiger partial charge in [-0.3, -0.25) is 4.79 Å². The number of hydrogen-bond donors (Lipinski definition) is 1. The Bertz CT molecular complexity index is 337. The van der Waals surface area contributed by atoms with Gasteiger partial charge in [0.25, 0.3) is 0 Å². The molecule has 0 aliphatic rings. The number of rotatable bonds is 3. The van der Waals surface area contributed by atoms with Crippen molar-refractivity contribution < 1.29 is 18.0 Å². The van der Waals surface area contributed by atoms with Crippen LogP contribution in [0.5, 0.6) is 0 Å². The van der Waals surface area contributed by atoms with Gasteiger partial charge in [-0.2, -0.15) is 13.2 Å². The first-order chi connectivity index (χ1) is 6.66. The molecule has 0 atom stereocenters. The first kappa shape index (κ1) is 13.5. The maximum Gasteiger partial charge on any atom is 0.412 e. The van der Waals surface area contributed by atoms with Crippen molar-refractivity contribution in [3.8, 4) is 0 Å². The van der Waals surface area contributed by atoms with E-state index in [2.05, 4.69) is 6.58 Å². The van der Waals surface area contributed by atoms with Crippen molar-refractivity contribution >= 4 is 5.91 Å². The maximum atomic E-state index is 12.0. The summed E-state index contributed by atoms with van der Waals surface area (Å²) in [4.78, 5) is 10.6. The third-order valence-corrected chi connectivity index (χ3v) is 1.80. The first-order valence-corrected chi connectivity index (χ1v) is 4.07. The first-order valence-electron chi connectivity index (χ1n) is 4.07. The largest absolute Gasteiger partial charge is 0.412 e. The third kappa shape index (κ3) is 4.49. The van der Waals surface area contributed by atoms with Crippen molar-refractivity contribution in [2.45, 2.75) is 20.0 Å². The van der Waals surface area contributed by atoms with Crippen LogP contribution in [0.4, 0.5) is 13.2 Å². The van der Waals surface area contributed by atoms with E-state index in [9.17, 15) is 18.0 Å². The van der Waals surface area contributed by atoms with Crippen LogP contribution < -0.4 is 5.73 Å². The summed E-state index contributed by atoms with van der Waals surface area (Å²) in [6.07, 6.45) is -2.32. The monoisotopic (exact) mass is 219 g/mol. The highest BCUT2D eigenvalue weighted by Gasteiger charge is 2.29. The molecule has 0 saturated carbocycles. The van der Waals surface area contributed by atoms with Gasteiger partial charge in [-0.15, -0.1) is 0 Å². The highest BCUT2D eigenvalue weighted by Crippen LogP contribution is 2.25. The Balaban J connectivity index is 4.81. The molecule has 0 aromatic rings. The van der Waals surface area contributed by atoms with Crippen LogP contribution in [0.25, 0.3) is 0 Å². The summed E-state index contributed by atoms with van der Waals surface area (Å²) in [7, 11) is 0. The van der Waals surface area contributed by atoms with Crippen LogP contribution in [0.3, 0.4) is 0 Å². The van der Waals surface area contributed by atoms with Gasteiger partial charge in [-0.1, -0.05) is 18.7 Å². The lowest BCUT2D eigenvalue weighted by molar-refractivity contribution is -0.114. The van der Waals surface area contributed by atoms with E-state index in [0.717, 1.165) is 19.1 Å². The lowest BCUT2D eigenvalue weighted by atomic mass is 10.1. The van der Waals surface area contributed by atoms with E-state index in [4.69, 9.17) is 5.73 Å². The average Bonchev–Trinajstić information content (AvgIpc) is 2.10. The van der Waals surface area contributed by atoms with Gasteiger partial charge in [0.2, 0.25) is 5.91 Å². The second-order valence-electron chi connectivity index (χ2n) is 3.04.